The molecule has 0 fully saturated rings. The van der Waals surface area contributed by atoms with Crippen molar-refractivity contribution in [2.45, 2.75) is 51.5 Å². The molecule has 1 unspecified atom stereocenters. The third kappa shape index (κ3) is 5.79. The average molecular weight is 490 g/mol. The molecule has 0 aliphatic carbocycles. The summed E-state index contributed by atoms with van der Waals surface area (Å²) in [5, 5.41) is 8.07. The summed E-state index contributed by atoms with van der Waals surface area (Å²) in [5.41, 5.74) is 1.95. The van der Waals surface area contributed by atoms with Crippen molar-refractivity contribution in [3.05, 3.63) is 60.4 Å². The van der Waals surface area contributed by atoms with Gasteiger partial charge in [-0.2, -0.15) is 5.10 Å². The number of oxazole rings is 1. The van der Waals surface area contributed by atoms with E-state index in [0.29, 0.717) is 48.1 Å². The number of nitrogens with one attached hydrogen (secondary N) is 1. The number of rotatable bonds is 12. The minimum absolute atomic E-state index is 0.258. The SMILES string of the molecule is CCC(=O)CCCCCC(NC(=O)c1ccnn1C)c1ncc(-c2cc3ccccc3nc2OC)o1. The minimum atomic E-state index is -0.442. The van der Waals surface area contributed by atoms with Gasteiger partial charge in [0.25, 0.3) is 5.91 Å². The van der Waals surface area contributed by atoms with E-state index in [1.165, 1.54) is 4.68 Å². The van der Waals surface area contributed by atoms with E-state index < -0.39 is 6.04 Å². The molecule has 0 saturated carbocycles. The highest BCUT2D eigenvalue weighted by Gasteiger charge is 2.23. The summed E-state index contributed by atoms with van der Waals surface area (Å²) in [6.07, 6.45) is 7.49. The van der Waals surface area contributed by atoms with Crippen molar-refractivity contribution in [2.75, 3.05) is 7.11 Å². The first kappa shape index (κ1) is 25.1. The fourth-order valence-corrected chi connectivity index (χ4v) is 4.11. The molecule has 0 spiro atoms. The third-order valence-electron chi connectivity index (χ3n) is 6.17. The molecule has 3 heterocycles. The molecule has 3 aromatic heterocycles. The van der Waals surface area contributed by atoms with Gasteiger partial charge >= 0.3 is 0 Å². The molecule has 0 bridgehead atoms. The Kier molecular flexibility index (Phi) is 8.10. The Hall–Kier alpha value is -4.01. The summed E-state index contributed by atoms with van der Waals surface area (Å²) in [6.45, 7) is 1.88. The Morgan fingerprint density at radius 3 is 2.75 bits per heavy atom. The second-order valence-corrected chi connectivity index (χ2v) is 8.66. The van der Waals surface area contributed by atoms with Crippen LogP contribution in [-0.2, 0) is 11.8 Å². The molecule has 0 aliphatic rings. The van der Waals surface area contributed by atoms with E-state index in [-0.39, 0.29) is 11.7 Å². The Labute approximate surface area is 209 Å². The molecular formula is C27H31N5O4. The molecular weight excluding hydrogens is 458 g/mol. The van der Waals surface area contributed by atoms with Gasteiger partial charge in [-0.05, 0) is 31.0 Å². The Bertz CT molecular complexity index is 1340. The zero-order valence-electron chi connectivity index (χ0n) is 20.9. The number of carbonyl (C=O) groups excluding carboxylic acids is 2. The fraction of sp³-hybridized carbons (Fsp3) is 0.370. The highest BCUT2D eigenvalue weighted by atomic mass is 16.5. The van der Waals surface area contributed by atoms with E-state index in [9.17, 15) is 9.59 Å². The maximum absolute atomic E-state index is 12.9. The predicted octanol–water partition coefficient (Wildman–Crippen LogP) is 5.03. The lowest BCUT2D eigenvalue weighted by molar-refractivity contribution is -0.118. The second-order valence-electron chi connectivity index (χ2n) is 8.66. The van der Waals surface area contributed by atoms with Gasteiger partial charge in [0.1, 0.15) is 17.5 Å². The topological polar surface area (TPSA) is 112 Å². The van der Waals surface area contributed by atoms with Gasteiger partial charge < -0.3 is 14.5 Å². The van der Waals surface area contributed by atoms with Crippen LogP contribution in [0.25, 0.3) is 22.2 Å². The van der Waals surface area contributed by atoms with Gasteiger partial charge in [-0.15, -0.1) is 0 Å². The maximum Gasteiger partial charge on any atom is 0.270 e. The summed E-state index contributed by atoms with van der Waals surface area (Å²) in [7, 11) is 3.29. The quantitative estimate of drug-likeness (QED) is 0.278. The van der Waals surface area contributed by atoms with Crippen LogP contribution in [0.4, 0.5) is 0 Å². The number of aromatic nitrogens is 4. The normalized spacial score (nSPS) is 12.0. The molecule has 1 amide bonds. The van der Waals surface area contributed by atoms with Crippen molar-refractivity contribution in [1.82, 2.24) is 25.1 Å². The van der Waals surface area contributed by atoms with E-state index in [1.54, 1.807) is 32.6 Å². The number of ketones is 1. The summed E-state index contributed by atoms with van der Waals surface area (Å²) < 4.78 is 13.2. The smallest absolute Gasteiger partial charge is 0.270 e. The first-order valence-corrected chi connectivity index (χ1v) is 12.2. The number of fused-ring (bicyclic) bond motifs is 1. The number of para-hydroxylation sites is 1. The number of aryl methyl sites for hydroxylation is 1. The molecule has 36 heavy (non-hydrogen) atoms. The minimum Gasteiger partial charge on any atom is -0.480 e. The lowest BCUT2D eigenvalue weighted by Crippen LogP contribution is -2.30. The Morgan fingerprint density at radius 1 is 1.17 bits per heavy atom. The van der Waals surface area contributed by atoms with Crippen LogP contribution >= 0.6 is 0 Å². The van der Waals surface area contributed by atoms with Gasteiger partial charge in [0.2, 0.25) is 11.8 Å². The average Bonchev–Trinajstić information content (AvgIpc) is 3.56. The Morgan fingerprint density at radius 2 is 2.00 bits per heavy atom. The molecule has 0 aliphatic heterocycles. The molecule has 0 saturated heterocycles. The largest absolute Gasteiger partial charge is 0.480 e. The van der Waals surface area contributed by atoms with E-state index in [0.717, 1.165) is 30.2 Å². The molecule has 9 heteroatoms. The van der Waals surface area contributed by atoms with Crippen molar-refractivity contribution >= 4 is 22.6 Å². The molecule has 4 rings (SSSR count). The third-order valence-corrected chi connectivity index (χ3v) is 6.17. The molecule has 1 aromatic carbocycles. The zero-order valence-corrected chi connectivity index (χ0v) is 20.9. The van der Waals surface area contributed by atoms with Crippen molar-refractivity contribution in [2.24, 2.45) is 7.05 Å². The fourth-order valence-electron chi connectivity index (χ4n) is 4.11. The molecule has 9 nitrogen and oxygen atoms in total. The van der Waals surface area contributed by atoms with Gasteiger partial charge in [0.05, 0.1) is 24.4 Å². The lowest BCUT2D eigenvalue weighted by Gasteiger charge is -2.16. The van der Waals surface area contributed by atoms with Crippen molar-refractivity contribution in [3.8, 4) is 17.2 Å². The number of ether oxygens (including phenoxy) is 1. The lowest BCUT2D eigenvalue weighted by atomic mass is 10.0. The predicted molar refractivity (Wildman–Crippen MR) is 136 cm³/mol. The van der Waals surface area contributed by atoms with Gasteiger partial charge in [-0.1, -0.05) is 38.0 Å². The zero-order chi connectivity index (χ0) is 25.5. The van der Waals surface area contributed by atoms with E-state index >= 15 is 0 Å². The van der Waals surface area contributed by atoms with Crippen LogP contribution in [0.1, 0.15) is 67.9 Å². The van der Waals surface area contributed by atoms with Crippen LogP contribution in [0.3, 0.4) is 0 Å². The van der Waals surface area contributed by atoms with Gasteiger partial charge in [0, 0.05) is 31.5 Å². The highest BCUT2D eigenvalue weighted by Crippen LogP contribution is 2.33. The van der Waals surface area contributed by atoms with Gasteiger partial charge in [-0.3, -0.25) is 14.3 Å². The number of unbranched alkanes of at least 4 members (excludes halogenated alkanes) is 2. The van der Waals surface area contributed by atoms with Crippen molar-refractivity contribution in [1.29, 1.82) is 0 Å². The number of nitrogens with zero attached hydrogens (tertiary/aromatic N) is 4. The number of hydrogen-bond acceptors (Lipinski definition) is 7. The van der Waals surface area contributed by atoms with Gasteiger partial charge in [0.15, 0.2) is 5.76 Å². The standard InChI is InChI=1S/C27H31N5O4/c1-4-19(33)11-6-5-7-13-22(30-25(34)23-14-15-29-32(23)2)27-28-17-24(36-27)20-16-18-10-8-9-12-21(18)31-26(20)35-3/h8-10,12,14-17,22H,4-7,11,13H2,1-3H3,(H,30,34). The number of hydrogen-bond donors (Lipinski definition) is 1. The summed E-state index contributed by atoms with van der Waals surface area (Å²) in [5.74, 6) is 1.36. The van der Waals surface area contributed by atoms with E-state index in [2.05, 4.69) is 20.4 Å². The number of amides is 1. The monoisotopic (exact) mass is 489 g/mol. The number of benzene rings is 1. The van der Waals surface area contributed by atoms with Crippen LogP contribution in [0.2, 0.25) is 0 Å². The van der Waals surface area contributed by atoms with Crippen LogP contribution in [0.5, 0.6) is 5.88 Å². The number of carbonyl (C=O) groups is 2. The number of Topliss-reactive ketones (excluding diaryl/α,β-unsaturated/α-hetero) is 1. The first-order valence-electron chi connectivity index (χ1n) is 12.2. The van der Waals surface area contributed by atoms with Crippen LogP contribution in [0, 0.1) is 0 Å². The first-order chi connectivity index (χ1) is 17.5. The van der Waals surface area contributed by atoms with Crippen molar-refractivity contribution in [3.63, 3.8) is 0 Å². The molecule has 1 N–H and O–H groups in total. The van der Waals surface area contributed by atoms with Crippen molar-refractivity contribution < 1.29 is 18.7 Å². The molecule has 0 radical (unpaired) electrons. The number of methoxy groups -OCH3 is 1. The Balaban J connectivity index is 1.56. The van der Waals surface area contributed by atoms with Crippen LogP contribution < -0.4 is 10.1 Å². The summed E-state index contributed by atoms with van der Waals surface area (Å²) >= 11 is 0. The van der Waals surface area contributed by atoms with Crippen LogP contribution in [-0.4, -0.2) is 38.5 Å². The maximum atomic E-state index is 12.9. The summed E-state index contributed by atoms with van der Waals surface area (Å²) in [4.78, 5) is 33.6. The highest BCUT2D eigenvalue weighted by molar-refractivity contribution is 5.92. The molecule has 1 atom stereocenters. The molecule has 188 valence electrons. The number of pyridine rings is 1. The van der Waals surface area contributed by atoms with Gasteiger partial charge in [-0.25, -0.2) is 9.97 Å². The molecule has 4 aromatic rings. The van der Waals surface area contributed by atoms with Crippen LogP contribution in [0.15, 0.2) is 53.2 Å². The van der Waals surface area contributed by atoms with E-state index in [1.807, 2.05) is 37.3 Å². The summed E-state index contributed by atoms with van der Waals surface area (Å²) in [6, 6.07) is 10.9. The van der Waals surface area contributed by atoms with E-state index in [4.69, 9.17) is 9.15 Å². The second kappa shape index (κ2) is 11.6.